The van der Waals surface area contributed by atoms with Crippen molar-refractivity contribution in [2.45, 2.75) is 31.2 Å². The normalized spacial score (nSPS) is 15.1. The summed E-state index contributed by atoms with van der Waals surface area (Å²) in [5.41, 5.74) is 1.53. The lowest BCUT2D eigenvalue weighted by molar-refractivity contribution is -0.384. The molecule has 1 fully saturated rings. The second-order valence-corrected chi connectivity index (χ2v) is 10.4. The quantitative estimate of drug-likeness (QED) is 0.502. The molecular formula is C22H28N4O5S. The lowest BCUT2D eigenvalue weighted by Crippen LogP contribution is -2.35. The van der Waals surface area contributed by atoms with E-state index in [-0.39, 0.29) is 22.7 Å². The predicted octanol–water partition coefficient (Wildman–Crippen LogP) is 3.01. The van der Waals surface area contributed by atoms with Crippen LogP contribution in [0.3, 0.4) is 0 Å². The number of nitro groups is 1. The number of rotatable bonds is 7. The van der Waals surface area contributed by atoms with Gasteiger partial charge in [0.25, 0.3) is 11.6 Å². The van der Waals surface area contributed by atoms with Crippen LogP contribution in [0.5, 0.6) is 0 Å². The van der Waals surface area contributed by atoms with Crippen LogP contribution >= 0.6 is 0 Å². The fraction of sp³-hybridized carbons (Fsp3) is 0.409. The van der Waals surface area contributed by atoms with E-state index in [4.69, 9.17) is 0 Å². The Kier molecular flexibility index (Phi) is 7.15. The molecule has 0 bridgehead atoms. The third-order valence-corrected chi connectivity index (χ3v) is 7.54. The van der Waals surface area contributed by atoms with Crippen LogP contribution in [0.25, 0.3) is 0 Å². The van der Waals surface area contributed by atoms with E-state index in [9.17, 15) is 23.3 Å². The highest BCUT2D eigenvalue weighted by Gasteiger charge is 2.23. The Morgan fingerprint density at radius 3 is 2.34 bits per heavy atom. The molecule has 0 radical (unpaired) electrons. The van der Waals surface area contributed by atoms with Crippen LogP contribution < -0.4 is 10.2 Å². The molecule has 172 valence electrons. The van der Waals surface area contributed by atoms with Crippen molar-refractivity contribution in [3.63, 3.8) is 0 Å². The van der Waals surface area contributed by atoms with E-state index >= 15 is 0 Å². The Labute approximate surface area is 188 Å². The molecule has 32 heavy (non-hydrogen) atoms. The second kappa shape index (κ2) is 9.66. The number of amides is 1. The Hall–Kier alpha value is -2.98. The molecule has 0 unspecified atom stereocenters. The summed E-state index contributed by atoms with van der Waals surface area (Å²) in [5, 5.41) is 14.1. The van der Waals surface area contributed by atoms with Gasteiger partial charge in [0.15, 0.2) is 0 Å². The van der Waals surface area contributed by atoms with E-state index in [0.29, 0.717) is 11.6 Å². The van der Waals surface area contributed by atoms with Gasteiger partial charge < -0.3 is 10.2 Å². The minimum absolute atomic E-state index is 0.137. The topological polar surface area (TPSA) is 113 Å². The van der Waals surface area contributed by atoms with Gasteiger partial charge in [0.05, 0.1) is 21.1 Å². The minimum atomic E-state index is -3.53. The van der Waals surface area contributed by atoms with Crippen molar-refractivity contribution in [3.8, 4) is 0 Å². The number of hydrogen-bond donors (Lipinski definition) is 1. The Balaban J connectivity index is 1.78. The van der Waals surface area contributed by atoms with E-state index in [0.717, 1.165) is 35.8 Å². The standard InChI is InChI=1S/C22H28N4O5S/c1-16-10-12-25(13-11-16)21-9-6-18(26(28)29)14-20(21)22(27)23-15-17-4-7-19(8-5-17)32(30,31)24(2)3/h4-9,14,16H,10-13,15H2,1-3H3,(H,23,27). The summed E-state index contributed by atoms with van der Waals surface area (Å²) < 4.78 is 25.5. The van der Waals surface area contributed by atoms with Crippen LogP contribution in [-0.4, -0.2) is 50.7 Å². The molecule has 2 aromatic carbocycles. The van der Waals surface area contributed by atoms with E-state index in [1.54, 1.807) is 18.2 Å². The summed E-state index contributed by atoms with van der Waals surface area (Å²) in [5.74, 6) is 0.202. The van der Waals surface area contributed by atoms with E-state index in [1.165, 1.54) is 38.4 Å². The molecule has 1 aliphatic rings. The number of nitro benzene ring substituents is 1. The number of anilines is 1. The first-order chi connectivity index (χ1) is 15.1. The maximum Gasteiger partial charge on any atom is 0.270 e. The molecule has 1 saturated heterocycles. The van der Waals surface area contributed by atoms with Gasteiger partial charge in [-0.25, -0.2) is 12.7 Å². The predicted molar refractivity (Wildman–Crippen MR) is 122 cm³/mol. The van der Waals surface area contributed by atoms with Crippen LogP contribution in [0.15, 0.2) is 47.4 Å². The zero-order valence-electron chi connectivity index (χ0n) is 18.4. The van der Waals surface area contributed by atoms with Crippen molar-refractivity contribution in [1.82, 2.24) is 9.62 Å². The zero-order chi connectivity index (χ0) is 23.5. The van der Waals surface area contributed by atoms with Crippen LogP contribution in [0, 0.1) is 16.0 Å². The number of piperidine rings is 1. The lowest BCUT2D eigenvalue weighted by atomic mass is 9.98. The van der Waals surface area contributed by atoms with Crippen molar-refractivity contribution in [2.75, 3.05) is 32.1 Å². The highest BCUT2D eigenvalue weighted by molar-refractivity contribution is 7.89. The van der Waals surface area contributed by atoms with Gasteiger partial charge in [-0.1, -0.05) is 19.1 Å². The molecule has 1 aliphatic heterocycles. The molecule has 0 aliphatic carbocycles. The van der Waals surface area contributed by atoms with Crippen LogP contribution in [0.2, 0.25) is 0 Å². The average Bonchev–Trinajstić information content (AvgIpc) is 2.77. The zero-order valence-corrected chi connectivity index (χ0v) is 19.3. The fourth-order valence-electron chi connectivity index (χ4n) is 3.61. The third kappa shape index (κ3) is 5.25. The maximum absolute atomic E-state index is 13.0. The van der Waals surface area contributed by atoms with Crippen molar-refractivity contribution < 1.29 is 18.1 Å². The molecule has 0 spiro atoms. The number of benzene rings is 2. The Morgan fingerprint density at radius 1 is 1.16 bits per heavy atom. The third-order valence-electron chi connectivity index (χ3n) is 5.71. The largest absolute Gasteiger partial charge is 0.371 e. The summed E-state index contributed by atoms with van der Waals surface area (Å²) in [6, 6.07) is 10.6. The summed E-state index contributed by atoms with van der Waals surface area (Å²) in [6.45, 7) is 3.94. The molecule has 1 amide bonds. The molecule has 1 heterocycles. The van der Waals surface area contributed by atoms with Crippen LogP contribution in [-0.2, 0) is 16.6 Å². The number of nitrogens with one attached hydrogen (secondary N) is 1. The molecule has 10 heteroatoms. The number of carbonyl (C=O) groups is 1. The maximum atomic E-state index is 13.0. The van der Waals surface area contributed by atoms with E-state index in [1.807, 2.05) is 0 Å². The first-order valence-electron chi connectivity index (χ1n) is 10.4. The summed E-state index contributed by atoms with van der Waals surface area (Å²) in [4.78, 5) is 26.0. The summed E-state index contributed by atoms with van der Waals surface area (Å²) in [6.07, 6.45) is 2.00. The molecule has 0 atom stereocenters. The van der Waals surface area contributed by atoms with Gasteiger partial charge in [-0.15, -0.1) is 0 Å². The van der Waals surface area contributed by atoms with Gasteiger partial charge in [0, 0.05) is 45.9 Å². The average molecular weight is 461 g/mol. The number of hydrogen-bond acceptors (Lipinski definition) is 6. The highest BCUT2D eigenvalue weighted by atomic mass is 32.2. The first kappa shape index (κ1) is 23.7. The lowest BCUT2D eigenvalue weighted by Gasteiger charge is -2.33. The van der Waals surface area contributed by atoms with E-state index < -0.39 is 20.9 Å². The smallest absolute Gasteiger partial charge is 0.270 e. The van der Waals surface area contributed by atoms with Crippen molar-refractivity contribution in [1.29, 1.82) is 0 Å². The molecule has 2 aromatic rings. The molecular weight excluding hydrogens is 432 g/mol. The van der Waals surface area contributed by atoms with Crippen molar-refractivity contribution in [2.24, 2.45) is 5.92 Å². The summed E-state index contributed by atoms with van der Waals surface area (Å²) >= 11 is 0. The number of carbonyl (C=O) groups excluding carboxylic acids is 1. The van der Waals surface area contributed by atoms with Crippen molar-refractivity contribution >= 4 is 27.3 Å². The number of non-ortho nitro benzene ring substituents is 1. The molecule has 0 saturated carbocycles. The fourth-order valence-corrected chi connectivity index (χ4v) is 4.51. The van der Waals surface area contributed by atoms with Gasteiger partial charge in [-0.3, -0.25) is 14.9 Å². The van der Waals surface area contributed by atoms with E-state index in [2.05, 4.69) is 17.1 Å². The van der Waals surface area contributed by atoms with Crippen LogP contribution in [0.4, 0.5) is 11.4 Å². The monoisotopic (exact) mass is 460 g/mol. The van der Waals surface area contributed by atoms with Gasteiger partial charge in [0.1, 0.15) is 0 Å². The van der Waals surface area contributed by atoms with Gasteiger partial charge in [0.2, 0.25) is 10.0 Å². The van der Waals surface area contributed by atoms with Crippen LogP contribution in [0.1, 0.15) is 35.7 Å². The first-order valence-corrected chi connectivity index (χ1v) is 11.9. The van der Waals surface area contributed by atoms with Gasteiger partial charge in [-0.2, -0.15) is 0 Å². The van der Waals surface area contributed by atoms with Crippen molar-refractivity contribution in [3.05, 3.63) is 63.7 Å². The molecule has 1 N–H and O–H groups in total. The Bertz CT molecular complexity index is 1090. The highest BCUT2D eigenvalue weighted by Crippen LogP contribution is 2.29. The van der Waals surface area contributed by atoms with Gasteiger partial charge in [-0.05, 0) is 42.5 Å². The molecule has 3 rings (SSSR count). The number of nitrogens with zero attached hydrogens (tertiary/aromatic N) is 3. The second-order valence-electron chi connectivity index (χ2n) is 8.24. The van der Waals surface area contributed by atoms with Gasteiger partial charge >= 0.3 is 0 Å². The summed E-state index contributed by atoms with van der Waals surface area (Å²) in [7, 11) is -0.603. The molecule has 0 aromatic heterocycles. The minimum Gasteiger partial charge on any atom is -0.371 e. The SMILES string of the molecule is CC1CCN(c2ccc([N+](=O)[O-])cc2C(=O)NCc2ccc(S(=O)(=O)N(C)C)cc2)CC1. The Morgan fingerprint density at radius 2 is 1.78 bits per heavy atom. The molecule has 9 nitrogen and oxygen atoms in total. The number of sulfonamides is 1.